The van der Waals surface area contributed by atoms with E-state index in [-0.39, 0.29) is 4.90 Å². The Morgan fingerprint density at radius 2 is 1.97 bits per heavy atom. The molecule has 0 radical (unpaired) electrons. The van der Waals surface area contributed by atoms with E-state index >= 15 is 0 Å². The molecule has 1 heterocycles. The minimum atomic E-state index is -3.80. The molecule has 6 nitrogen and oxygen atoms in total. The van der Waals surface area contributed by atoms with E-state index in [9.17, 15) is 13.2 Å². The highest BCUT2D eigenvalue weighted by atomic mass is 32.2. The Balaban J connectivity index is 1.92. The Labute approximate surface area is 186 Å². The first-order valence-corrected chi connectivity index (χ1v) is 12.5. The van der Waals surface area contributed by atoms with E-state index < -0.39 is 21.5 Å². The second-order valence-electron chi connectivity index (χ2n) is 7.13. The molecule has 0 spiro atoms. The molecule has 3 rings (SSSR count). The number of thiazole rings is 1. The summed E-state index contributed by atoms with van der Waals surface area (Å²) < 4.78 is 33.2. The van der Waals surface area contributed by atoms with Gasteiger partial charge in [0, 0.05) is 6.54 Å². The van der Waals surface area contributed by atoms with E-state index in [0.717, 1.165) is 29.5 Å². The Morgan fingerprint density at radius 3 is 2.61 bits per heavy atom. The molecule has 0 saturated carbocycles. The van der Waals surface area contributed by atoms with Crippen LogP contribution in [0.1, 0.15) is 25.3 Å². The fourth-order valence-corrected chi connectivity index (χ4v) is 5.44. The van der Waals surface area contributed by atoms with E-state index in [2.05, 4.69) is 30.6 Å². The number of nitrogens with zero attached hydrogens (tertiary/aromatic N) is 2. The van der Waals surface area contributed by atoms with Gasteiger partial charge in [0.2, 0.25) is 0 Å². The van der Waals surface area contributed by atoms with Crippen LogP contribution in [-0.4, -0.2) is 31.8 Å². The molecule has 31 heavy (non-hydrogen) atoms. The van der Waals surface area contributed by atoms with Gasteiger partial charge in [-0.25, -0.2) is 8.42 Å². The zero-order valence-electron chi connectivity index (χ0n) is 17.7. The maximum atomic E-state index is 12.6. The number of aryl methyl sites for hydroxylation is 1. The third kappa shape index (κ3) is 5.51. The Bertz CT molecular complexity index is 1250. The summed E-state index contributed by atoms with van der Waals surface area (Å²) in [6.45, 7) is 6.42. The number of carbonyl (C=O) groups excluding carboxylic acids is 1. The van der Waals surface area contributed by atoms with Gasteiger partial charge in [0.25, 0.3) is 5.91 Å². The minimum absolute atomic E-state index is 0.0627. The SMILES string of the molecule is C=CCn1c(=NC(=O)CS(=O)(=O)c2ccc(OC)cc2)sc2cc(CCCC)ccc21. The van der Waals surface area contributed by atoms with E-state index in [1.54, 1.807) is 18.2 Å². The number of fused-ring (bicyclic) bond motifs is 1. The van der Waals surface area contributed by atoms with Crippen molar-refractivity contribution >= 4 is 37.3 Å². The number of aromatic nitrogens is 1. The van der Waals surface area contributed by atoms with Crippen LogP contribution in [0.25, 0.3) is 10.2 Å². The van der Waals surface area contributed by atoms with Crippen molar-refractivity contribution in [2.24, 2.45) is 4.99 Å². The van der Waals surface area contributed by atoms with E-state index in [1.165, 1.54) is 36.1 Å². The van der Waals surface area contributed by atoms with Crippen LogP contribution in [0.15, 0.2) is 65.0 Å². The van der Waals surface area contributed by atoms with Crippen LogP contribution in [-0.2, 0) is 27.6 Å². The fraction of sp³-hybridized carbons (Fsp3) is 0.304. The quantitative estimate of drug-likeness (QED) is 0.452. The van der Waals surface area contributed by atoms with Crippen LogP contribution in [0.3, 0.4) is 0 Å². The van der Waals surface area contributed by atoms with Crippen molar-refractivity contribution in [1.29, 1.82) is 0 Å². The van der Waals surface area contributed by atoms with E-state index in [1.807, 2.05) is 10.6 Å². The highest BCUT2D eigenvalue weighted by Crippen LogP contribution is 2.21. The number of sulfone groups is 1. The highest BCUT2D eigenvalue weighted by Gasteiger charge is 2.19. The normalized spacial score (nSPS) is 12.3. The number of methoxy groups -OCH3 is 1. The van der Waals surface area contributed by atoms with Gasteiger partial charge in [-0.05, 0) is 54.8 Å². The Hall–Kier alpha value is -2.71. The van der Waals surface area contributed by atoms with Crippen LogP contribution in [0, 0.1) is 0 Å². The van der Waals surface area contributed by atoms with Crippen molar-refractivity contribution in [2.45, 2.75) is 37.6 Å². The zero-order chi connectivity index (χ0) is 22.4. The Morgan fingerprint density at radius 1 is 1.23 bits per heavy atom. The van der Waals surface area contributed by atoms with Crippen molar-refractivity contribution in [3.63, 3.8) is 0 Å². The molecule has 1 amide bonds. The molecule has 1 aromatic heterocycles. The van der Waals surface area contributed by atoms with Gasteiger partial charge < -0.3 is 9.30 Å². The van der Waals surface area contributed by atoms with Crippen molar-refractivity contribution < 1.29 is 17.9 Å². The second kappa shape index (κ2) is 10.1. The molecule has 164 valence electrons. The van der Waals surface area contributed by atoms with Gasteiger partial charge in [0.1, 0.15) is 11.5 Å². The number of unbranched alkanes of at least 4 members (excludes halogenated alkanes) is 1. The molecular formula is C23H26N2O4S2. The molecular weight excluding hydrogens is 432 g/mol. The number of amides is 1. The largest absolute Gasteiger partial charge is 0.497 e. The van der Waals surface area contributed by atoms with Crippen molar-refractivity contribution in [1.82, 2.24) is 4.57 Å². The summed E-state index contributed by atoms with van der Waals surface area (Å²) >= 11 is 1.38. The molecule has 0 atom stereocenters. The molecule has 3 aromatic rings. The van der Waals surface area contributed by atoms with Gasteiger partial charge in [-0.15, -0.1) is 6.58 Å². The van der Waals surface area contributed by atoms with Crippen molar-refractivity contribution in [2.75, 3.05) is 12.9 Å². The molecule has 0 aliphatic heterocycles. The third-order valence-corrected chi connectivity index (χ3v) is 7.49. The number of allylic oxidation sites excluding steroid dienone is 1. The topological polar surface area (TPSA) is 77.7 Å². The Kier molecular flexibility index (Phi) is 7.46. The molecule has 2 aromatic carbocycles. The molecule has 0 unspecified atom stereocenters. The highest BCUT2D eigenvalue weighted by molar-refractivity contribution is 7.92. The number of hydrogen-bond donors (Lipinski definition) is 0. The number of rotatable bonds is 9. The first-order valence-electron chi connectivity index (χ1n) is 10.1. The number of hydrogen-bond acceptors (Lipinski definition) is 5. The summed E-state index contributed by atoms with van der Waals surface area (Å²) in [5.74, 6) is -0.848. The summed E-state index contributed by atoms with van der Waals surface area (Å²) in [6, 6.07) is 12.2. The lowest BCUT2D eigenvalue weighted by Gasteiger charge is -2.04. The van der Waals surface area contributed by atoms with Gasteiger partial charge in [0.15, 0.2) is 14.6 Å². The molecule has 0 aliphatic rings. The third-order valence-electron chi connectivity index (χ3n) is 4.83. The zero-order valence-corrected chi connectivity index (χ0v) is 19.3. The molecule has 0 N–H and O–H groups in total. The van der Waals surface area contributed by atoms with Gasteiger partial charge in [-0.3, -0.25) is 4.79 Å². The summed E-state index contributed by atoms with van der Waals surface area (Å²) in [6.07, 6.45) is 4.96. The summed E-state index contributed by atoms with van der Waals surface area (Å²) in [4.78, 5) is 17.2. The lowest BCUT2D eigenvalue weighted by atomic mass is 10.1. The maximum Gasteiger partial charge on any atom is 0.263 e. The standard InChI is InChI=1S/C23H26N2O4S2/c1-4-6-7-17-8-13-20-21(15-17)30-23(25(20)14-5-2)24-22(26)16-31(27,28)19-11-9-18(29-3)10-12-19/h5,8-13,15H,2,4,6-7,14,16H2,1,3H3. The van der Waals surface area contributed by atoms with Crippen LogP contribution >= 0.6 is 11.3 Å². The van der Waals surface area contributed by atoms with Gasteiger partial charge in [-0.1, -0.05) is 36.8 Å². The van der Waals surface area contributed by atoms with Crippen molar-refractivity contribution in [3.8, 4) is 5.75 Å². The smallest absolute Gasteiger partial charge is 0.263 e. The molecule has 0 saturated heterocycles. The number of carbonyl (C=O) groups is 1. The molecule has 8 heteroatoms. The lowest BCUT2D eigenvalue weighted by Crippen LogP contribution is -2.20. The number of ether oxygens (including phenoxy) is 1. The van der Waals surface area contributed by atoms with Crippen LogP contribution in [0.4, 0.5) is 0 Å². The molecule has 0 fully saturated rings. The first kappa shape index (κ1) is 23.0. The number of benzene rings is 2. The van der Waals surface area contributed by atoms with Gasteiger partial charge in [0.05, 0.1) is 22.2 Å². The van der Waals surface area contributed by atoms with Gasteiger partial charge in [-0.2, -0.15) is 4.99 Å². The maximum absolute atomic E-state index is 12.6. The van der Waals surface area contributed by atoms with Crippen LogP contribution in [0.2, 0.25) is 0 Å². The van der Waals surface area contributed by atoms with Crippen molar-refractivity contribution in [3.05, 3.63) is 65.5 Å². The van der Waals surface area contributed by atoms with Gasteiger partial charge >= 0.3 is 0 Å². The van der Waals surface area contributed by atoms with E-state index in [4.69, 9.17) is 4.74 Å². The summed E-state index contributed by atoms with van der Waals surface area (Å²) in [5, 5.41) is 0. The minimum Gasteiger partial charge on any atom is -0.497 e. The molecule has 0 bridgehead atoms. The van der Waals surface area contributed by atoms with Crippen LogP contribution < -0.4 is 9.54 Å². The predicted molar refractivity (Wildman–Crippen MR) is 124 cm³/mol. The van der Waals surface area contributed by atoms with E-state index in [0.29, 0.717) is 17.1 Å². The summed E-state index contributed by atoms with van der Waals surface area (Å²) in [7, 11) is -2.30. The monoisotopic (exact) mass is 458 g/mol. The second-order valence-corrected chi connectivity index (χ2v) is 10.1. The fourth-order valence-electron chi connectivity index (χ4n) is 3.21. The van der Waals surface area contributed by atoms with Crippen LogP contribution in [0.5, 0.6) is 5.75 Å². The molecule has 0 aliphatic carbocycles. The lowest BCUT2D eigenvalue weighted by molar-refractivity contribution is -0.115. The average Bonchev–Trinajstić information content (AvgIpc) is 3.08. The average molecular weight is 459 g/mol. The first-order chi connectivity index (χ1) is 14.9. The summed E-state index contributed by atoms with van der Waals surface area (Å²) in [5.41, 5.74) is 2.19. The predicted octanol–water partition coefficient (Wildman–Crippen LogP) is 4.14.